The standard InChI is InChI=1S/C5H10F3NO/c1-4(10,3-9)2-5(6,7)8/h10H,2-3,9H2,1H3. The van der Waals surface area contributed by atoms with Gasteiger partial charge in [0.05, 0.1) is 12.0 Å². The van der Waals surface area contributed by atoms with E-state index in [9.17, 15) is 13.2 Å². The van der Waals surface area contributed by atoms with E-state index >= 15 is 0 Å². The fourth-order valence-corrected chi connectivity index (χ4v) is 0.504. The Labute approximate surface area is 56.8 Å². The minimum Gasteiger partial charge on any atom is -0.389 e. The molecule has 1 atom stereocenters. The second-order valence-electron chi connectivity index (χ2n) is 2.49. The molecule has 0 saturated carbocycles. The Morgan fingerprint density at radius 1 is 1.40 bits per heavy atom. The van der Waals surface area contributed by atoms with Crippen molar-refractivity contribution in [1.82, 2.24) is 0 Å². The number of aliphatic hydroxyl groups is 1. The highest BCUT2D eigenvalue weighted by atomic mass is 19.4. The molecular weight excluding hydrogens is 147 g/mol. The number of nitrogens with two attached hydrogens (primary N) is 1. The first-order chi connectivity index (χ1) is 4.27. The van der Waals surface area contributed by atoms with Gasteiger partial charge in [-0.15, -0.1) is 0 Å². The molecule has 2 nitrogen and oxygen atoms in total. The zero-order valence-electron chi connectivity index (χ0n) is 5.57. The smallest absolute Gasteiger partial charge is 0.389 e. The quantitative estimate of drug-likeness (QED) is 0.618. The predicted octanol–water partition coefficient (Wildman–Crippen LogP) is 0.649. The van der Waals surface area contributed by atoms with Crippen LogP contribution < -0.4 is 5.73 Å². The van der Waals surface area contributed by atoms with Crippen molar-refractivity contribution in [2.24, 2.45) is 5.73 Å². The van der Waals surface area contributed by atoms with Crippen molar-refractivity contribution in [3.63, 3.8) is 0 Å². The van der Waals surface area contributed by atoms with Gasteiger partial charge in [0.15, 0.2) is 0 Å². The van der Waals surface area contributed by atoms with Crippen LogP contribution in [0.25, 0.3) is 0 Å². The van der Waals surface area contributed by atoms with E-state index in [1.165, 1.54) is 0 Å². The maximum atomic E-state index is 11.5. The molecule has 10 heavy (non-hydrogen) atoms. The third-order valence-electron chi connectivity index (χ3n) is 1.02. The molecule has 0 radical (unpaired) electrons. The van der Waals surface area contributed by atoms with Crippen LogP contribution in [-0.2, 0) is 0 Å². The van der Waals surface area contributed by atoms with Crippen LogP contribution in [0, 0.1) is 0 Å². The van der Waals surface area contributed by atoms with Gasteiger partial charge in [0.2, 0.25) is 0 Å². The second kappa shape index (κ2) is 2.75. The number of halogens is 3. The highest BCUT2D eigenvalue weighted by molar-refractivity contribution is 4.76. The molecule has 0 bridgehead atoms. The van der Waals surface area contributed by atoms with Crippen molar-refractivity contribution in [2.75, 3.05) is 6.54 Å². The van der Waals surface area contributed by atoms with E-state index in [-0.39, 0.29) is 6.54 Å². The first kappa shape index (κ1) is 9.71. The summed E-state index contributed by atoms with van der Waals surface area (Å²) in [4.78, 5) is 0. The molecule has 0 fully saturated rings. The molecule has 0 spiro atoms. The van der Waals surface area contributed by atoms with E-state index in [4.69, 9.17) is 10.8 Å². The lowest BCUT2D eigenvalue weighted by atomic mass is 10.0. The zero-order valence-corrected chi connectivity index (χ0v) is 5.57. The summed E-state index contributed by atoms with van der Waals surface area (Å²) in [5.41, 5.74) is 3.04. The van der Waals surface area contributed by atoms with Crippen LogP contribution in [0.3, 0.4) is 0 Å². The molecule has 0 aromatic rings. The first-order valence-corrected chi connectivity index (χ1v) is 2.76. The summed E-state index contributed by atoms with van der Waals surface area (Å²) in [7, 11) is 0. The summed E-state index contributed by atoms with van der Waals surface area (Å²) in [6.45, 7) is 0.674. The predicted molar refractivity (Wildman–Crippen MR) is 30.4 cm³/mol. The summed E-state index contributed by atoms with van der Waals surface area (Å²) >= 11 is 0. The van der Waals surface area contributed by atoms with Crippen LogP contribution in [0.5, 0.6) is 0 Å². The summed E-state index contributed by atoms with van der Waals surface area (Å²) in [5, 5.41) is 8.81. The van der Waals surface area contributed by atoms with Crippen molar-refractivity contribution in [1.29, 1.82) is 0 Å². The van der Waals surface area contributed by atoms with Gasteiger partial charge in [0, 0.05) is 6.54 Å². The molecule has 0 aromatic carbocycles. The Hall–Kier alpha value is -0.290. The molecule has 0 aliphatic heterocycles. The number of alkyl halides is 3. The lowest BCUT2D eigenvalue weighted by molar-refractivity contribution is -0.170. The van der Waals surface area contributed by atoms with Crippen LogP contribution in [0.15, 0.2) is 0 Å². The zero-order chi connectivity index (χ0) is 8.41. The summed E-state index contributed by atoms with van der Waals surface area (Å²) in [6, 6.07) is 0. The van der Waals surface area contributed by atoms with Gasteiger partial charge in [-0.25, -0.2) is 0 Å². The highest BCUT2D eigenvalue weighted by Gasteiger charge is 2.37. The molecule has 5 heteroatoms. The van der Waals surface area contributed by atoms with E-state index < -0.39 is 18.2 Å². The normalized spacial score (nSPS) is 18.6. The lowest BCUT2D eigenvalue weighted by Gasteiger charge is -2.21. The molecule has 0 aliphatic rings. The van der Waals surface area contributed by atoms with Gasteiger partial charge in [-0.2, -0.15) is 13.2 Å². The topological polar surface area (TPSA) is 46.2 Å². The first-order valence-electron chi connectivity index (χ1n) is 2.76. The Bertz CT molecular complexity index is 110. The Kier molecular flexibility index (Phi) is 2.67. The van der Waals surface area contributed by atoms with Crippen LogP contribution >= 0.6 is 0 Å². The van der Waals surface area contributed by atoms with Crippen molar-refractivity contribution in [3.05, 3.63) is 0 Å². The maximum Gasteiger partial charge on any atom is 0.391 e. The second-order valence-corrected chi connectivity index (χ2v) is 2.49. The van der Waals surface area contributed by atoms with E-state index in [1.807, 2.05) is 0 Å². The fraction of sp³-hybridized carbons (Fsp3) is 1.00. The molecule has 1 unspecified atom stereocenters. The molecule has 0 aliphatic carbocycles. The molecule has 62 valence electrons. The molecule has 0 saturated heterocycles. The van der Waals surface area contributed by atoms with Crippen molar-refractivity contribution in [2.45, 2.75) is 25.1 Å². The number of hydrogen-bond acceptors (Lipinski definition) is 2. The van der Waals surface area contributed by atoms with Gasteiger partial charge in [0.25, 0.3) is 0 Å². The molecule has 0 heterocycles. The van der Waals surface area contributed by atoms with Gasteiger partial charge in [0.1, 0.15) is 0 Å². The van der Waals surface area contributed by atoms with Gasteiger partial charge >= 0.3 is 6.18 Å². The molecule has 0 amide bonds. The lowest BCUT2D eigenvalue weighted by Crippen LogP contribution is -2.38. The Balaban J connectivity index is 3.89. The van der Waals surface area contributed by atoms with Crippen molar-refractivity contribution in [3.8, 4) is 0 Å². The largest absolute Gasteiger partial charge is 0.391 e. The van der Waals surface area contributed by atoms with E-state index in [2.05, 4.69) is 0 Å². The third-order valence-corrected chi connectivity index (χ3v) is 1.02. The van der Waals surface area contributed by atoms with E-state index in [1.54, 1.807) is 0 Å². The minimum absolute atomic E-state index is 0.382. The SMILES string of the molecule is CC(O)(CN)CC(F)(F)F. The molecule has 3 N–H and O–H groups in total. The number of rotatable bonds is 2. The van der Waals surface area contributed by atoms with Crippen LogP contribution in [0.4, 0.5) is 13.2 Å². The minimum atomic E-state index is -4.34. The van der Waals surface area contributed by atoms with Crippen LogP contribution in [0.1, 0.15) is 13.3 Å². The monoisotopic (exact) mass is 157 g/mol. The van der Waals surface area contributed by atoms with Crippen molar-refractivity contribution < 1.29 is 18.3 Å². The van der Waals surface area contributed by atoms with Crippen LogP contribution in [-0.4, -0.2) is 23.4 Å². The van der Waals surface area contributed by atoms with Crippen molar-refractivity contribution >= 4 is 0 Å². The highest BCUT2D eigenvalue weighted by Crippen LogP contribution is 2.26. The van der Waals surface area contributed by atoms with Gasteiger partial charge < -0.3 is 10.8 Å². The van der Waals surface area contributed by atoms with Gasteiger partial charge in [-0.3, -0.25) is 0 Å². The Morgan fingerprint density at radius 2 is 1.80 bits per heavy atom. The molecule has 0 aromatic heterocycles. The molecule has 0 rings (SSSR count). The summed E-state index contributed by atoms with van der Waals surface area (Å²) in [5.74, 6) is 0. The van der Waals surface area contributed by atoms with E-state index in [0.717, 1.165) is 6.92 Å². The van der Waals surface area contributed by atoms with Crippen LogP contribution in [0.2, 0.25) is 0 Å². The van der Waals surface area contributed by atoms with Gasteiger partial charge in [-0.05, 0) is 6.92 Å². The van der Waals surface area contributed by atoms with Gasteiger partial charge in [-0.1, -0.05) is 0 Å². The maximum absolute atomic E-state index is 11.5. The average Bonchev–Trinajstić information content (AvgIpc) is 1.60. The summed E-state index contributed by atoms with van der Waals surface area (Å²) < 4.78 is 34.6. The third kappa shape index (κ3) is 4.58. The molecular formula is C5H10F3NO. The average molecular weight is 157 g/mol. The Morgan fingerprint density at radius 3 is 1.90 bits per heavy atom. The van der Waals surface area contributed by atoms with E-state index in [0.29, 0.717) is 0 Å². The fourth-order valence-electron chi connectivity index (χ4n) is 0.504. The number of hydrogen-bond donors (Lipinski definition) is 2. The summed E-state index contributed by atoms with van der Waals surface area (Å²) in [6.07, 6.45) is -5.60.